The van der Waals surface area contributed by atoms with Crippen molar-refractivity contribution >= 4 is 0 Å². The Labute approximate surface area is 201 Å². The summed E-state index contributed by atoms with van der Waals surface area (Å²) in [6.07, 6.45) is 0.0122. The Morgan fingerprint density at radius 2 is 1.29 bits per heavy atom. The van der Waals surface area contributed by atoms with Gasteiger partial charge in [0.2, 0.25) is 0 Å². The zero-order valence-electron chi connectivity index (χ0n) is 18.8. The molecule has 6 rings (SSSR count). The van der Waals surface area contributed by atoms with Gasteiger partial charge in [-0.1, -0.05) is 91.0 Å². The van der Waals surface area contributed by atoms with Crippen molar-refractivity contribution in [3.05, 3.63) is 141 Å². The lowest BCUT2D eigenvalue weighted by Crippen LogP contribution is -2.38. The molecule has 1 N–H and O–H groups in total. The van der Waals surface area contributed by atoms with Crippen LogP contribution in [-0.4, -0.2) is 34.5 Å². The number of ether oxygens (including phenoxy) is 3. The van der Waals surface area contributed by atoms with Gasteiger partial charge in [0.15, 0.2) is 6.23 Å². The van der Waals surface area contributed by atoms with Crippen LogP contribution in [-0.2, 0) is 19.8 Å². The monoisotopic (exact) mass is 468 g/mol. The van der Waals surface area contributed by atoms with Crippen molar-refractivity contribution in [1.82, 2.24) is 9.55 Å². The second kappa shape index (κ2) is 8.78. The van der Waals surface area contributed by atoms with E-state index in [1.165, 1.54) is 16.8 Å². The first-order valence-corrected chi connectivity index (χ1v) is 11.6. The van der Waals surface area contributed by atoms with E-state index in [0.717, 1.165) is 16.7 Å². The molecule has 0 saturated carbocycles. The molecule has 4 atom stereocenters. The van der Waals surface area contributed by atoms with Crippen LogP contribution in [0.25, 0.3) is 0 Å². The van der Waals surface area contributed by atoms with Gasteiger partial charge in [0, 0.05) is 12.3 Å². The summed E-state index contributed by atoms with van der Waals surface area (Å²) in [6, 6.07) is 31.7. The molecule has 0 bridgehead atoms. The van der Waals surface area contributed by atoms with Crippen LogP contribution in [0, 0.1) is 0 Å². The van der Waals surface area contributed by atoms with Gasteiger partial charge >= 0.3 is 5.69 Å². The average Bonchev–Trinajstić information content (AvgIpc) is 3.62. The van der Waals surface area contributed by atoms with Crippen LogP contribution < -0.4 is 11.2 Å². The first-order chi connectivity index (χ1) is 17.2. The minimum absolute atomic E-state index is 0.182. The highest BCUT2D eigenvalue weighted by molar-refractivity contribution is 5.47. The molecule has 176 valence electrons. The minimum atomic E-state index is -0.871. The van der Waals surface area contributed by atoms with E-state index in [4.69, 9.17) is 14.2 Å². The standard InChI is InChI=1S/C28H24N2O5/c31-23-16-17-30(27(32)29-23)26-25-24(35-25)22(34-26)18-33-28(19-10-4-1-5-11-19,20-12-6-2-7-13-20)21-14-8-3-9-15-21/h1-17,22,24-26H,18H2,(H,29,31,32)/t22?,24-,25-,26?/m1/s1. The molecule has 7 heteroatoms. The van der Waals surface area contributed by atoms with Crippen molar-refractivity contribution in [2.45, 2.75) is 30.1 Å². The van der Waals surface area contributed by atoms with E-state index in [9.17, 15) is 9.59 Å². The Morgan fingerprint density at radius 3 is 1.80 bits per heavy atom. The van der Waals surface area contributed by atoms with Gasteiger partial charge in [-0.3, -0.25) is 14.3 Å². The van der Waals surface area contributed by atoms with Crippen LogP contribution in [0.2, 0.25) is 0 Å². The molecule has 0 spiro atoms. The smallest absolute Gasteiger partial charge is 0.330 e. The van der Waals surface area contributed by atoms with Crippen molar-refractivity contribution in [2.75, 3.05) is 6.61 Å². The highest BCUT2D eigenvalue weighted by atomic mass is 16.7. The van der Waals surface area contributed by atoms with E-state index < -0.39 is 23.1 Å². The largest absolute Gasteiger partial charge is 0.362 e. The first-order valence-electron chi connectivity index (χ1n) is 11.6. The van der Waals surface area contributed by atoms with Crippen molar-refractivity contribution in [3.8, 4) is 0 Å². The van der Waals surface area contributed by atoms with E-state index in [0.29, 0.717) is 0 Å². The molecule has 2 aliphatic rings. The van der Waals surface area contributed by atoms with Gasteiger partial charge in [0.25, 0.3) is 5.56 Å². The Hall–Kier alpha value is -3.78. The van der Waals surface area contributed by atoms with E-state index in [1.54, 1.807) is 0 Å². The van der Waals surface area contributed by atoms with Crippen LogP contribution >= 0.6 is 0 Å². The van der Waals surface area contributed by atoms with E-state index in [1.807, 2.05) is 54.6 Å². The maximum absolute atomic E-state index is 12.3. The van der Waals surface area contributed by atoms with Crippen molar-refractivity contribution in [2.24, 2.45) is 0 Å². The van der Waals surface area contributed by atoms with Crippen LogP contribution in [0.1, 0.15) is 22.9 Å². The number of H-pyrrole nitrogens is 1. The van der Waals surface area contributed by atoms with E-state index in [-0.39, 0.29) is 24.9 Å². The molecule has 3 aromatic carbocycles. The molecule has 7 nitrogen and oxygen atoms in total. The summed E-state index contributed by atoms with van der Waals surface area (Å²) < 4.78 is 20.3. The number of hydrogen-bond acceptors (Lipinski definition) is 5. The first kappa shape index (κ1) is 21.7. The van der Waals surface area contributed by atoms with Gasteiger partial charge in [-0.05, 0) is 16.7 Å². The summed E-state index contributed by atoms with van der Waals surface area (Å²) in [5.41, 5.74) is 1.15. The Morgan fingerprint density at radius 1 is 0.743 bits per heavy atom. The Balaban J connectivity index is 1.36. The fraction of sp³-hybridized carbons (Fsp3) is 0.214. The molecule has 35 heavy (non-hydrogen) atoms. The third-order valence-electron chi connectivity index (χ3n) is 6.65. The Bertz CT molecular complexity index is 1320. The number of rotatable bonds is 7. The molecular weight excluding hydrogens is 444 g/mol. The number of nitrogens with zero attached hydrogens (tertiary/aromatic N) is 1. The maximum Gasteiger partial charge on any atom is 0.330 e. The summed E-state index contributed by atoms with van der Waals surface area (Å²) in [6.45, 7) is 0.244. The maximum atomic E-state index is 12.3. The molecule has 2 fully saturated rings. The highest BCUT2D eigenvalue weighted by Gasteiger charge is 2.59. The fourth-order valence-electron chi connectivity index (χ4n) is 4.96. The molecule has 4 aromatic rings. The second-order valence-electron chi connectivity index (χ2n) is 8.74. The summed E-state index contributed by atoms with van der Waals surface area (Å²) in [5, 5.41) is 0. The summed E-state index contributed by atoms with van der Waals surface area (Å²) in [4.78, 5) is 26.1. The molecule has 1 aromatic heterocycles. The Kier molecular flexibility index (Phi) is 5.45. The predicted molar refractivity (Wildman–Crippen MR) is 129 cm³/mol. The number of fused-ring (bicyclic) bond motifs is 1. The van der Waals surface area contributed by atoms with Gasteiger partial charge in [-0.2, -0.15) is 0 Å². The molecule has 3 heterocycles. The molecule has 0 aliphatic carbocycles. The second-order valence-corrected chi connectivity index (χ2v) is 8.74. The van der Waals surface area contributed by atoms with Gasteiger partial charge in [0.1, 0.15) is 23.9 Å². The van der Waals surface area contributed by atoms with Gasteiger partial charge in [-0.25, -0.2) is 4.79 Å². The molecular formula is C28H24N2O5. The van der Waals surface area contributed by atoms with Crippen LogP contribution in [0.15, 0.2) is 113 Å². The van der Waals surface area contributed by atoms with Gasteiger partial charge < -0.3 is 14.2 Å². The van der Waals surface area contributed by atoms with Crippen molar-refractivity contribution < 1.29 is 14.2 Å². The number of benzene rings is 3. The zero-order valence-corrected chi connectivity index (χ0v) is 18.8. The lowest BCUT2D eigenvalue weighted by Gasteiger charge is -2.37. The highest BCUT2D eigenvalue weighted by Crippen LogP contribution is 2.46. The lowest BCUT2D eigenvalue weighted by molar-refractivity contribution is -0.117. The normalized spacial score (nSPS) is 23.1. The van der Waals surface area contributed by atoms with E-state index >= 15 is 0 Å². The molecule has 2 saturated heterocycles. The molecule has 0 radical (unpaired) electrons. The molecule has 2 aliphatic heterocycles. The van der Waals surface area contributed by atoms with Crippen LogP contribution in [0.4, 0.5) is 0 Å². The minimum Gasteiger partial charge on any atom is -0.362 e. The summed E-state index contributed by atoms with van der Waals surface area (Å²) in [7, 11) is 0. The third-order valence-corrected chi connectivity index (χ3v) is 6.65. The predicted octanol–water partition coefficient (Wildman–Crippen LogP) is 3.21. The zero-order chi connectivity index (χ0) is 23.8. The lowest BCUT2D eigenvalue weighted by atomic mass is 9.80. The SMILES string of the molecule is O=c1ccn(C2OC(COC(c3ccccc3)(c3ccccc3)c3ccccc3)[C@H]3O[C@@H]23)c(=O)[nH]1. The molecule has 0 amide bonds. The summed E-state index contributed by atoms with van der Waals surface area (Å²) in [5.74, 6) is 0. The fourth-order valence-corrected chi connectivity index (χ4v) is 4.96. The van der Waals surface area contributed by atoms with E-state index in [2.05, 4.69) is 41.4 Å². The van der Waals surface area contributed by atoms with Gasteiger partial charge in [0.05, 0.1) is 6.61 Å². The quantitative estimate of drug-likeness (QED) is 0.333. The number of aromatic nitrogens is 2. The molecule has 2 unspecified atom stereocenters. The number of aromatic amines is 1. The van der Waals surface area contributed by atoms with Crippen LogP contribution in [0.3, 0.4) is 0 Å². The van der Waals surface area contributed by atoms with Crippen LogP contribution in [0.5, 0.6) is 0 Å². The topological polar surface area (TPSA) is 85.8 Å². The average molecular weight is 469 g/mol. The van der Waals surface area contributed by atoms with Crippen molar-refractivity contribution in [3.63, 3.8) is 0 Å². The number of nitrogens with one attached hydrogen (secondary N) is 1. The number of epoxide rings is 1. The number of hydrogen-bond donors (Lipinski definition) is 1. The van der Waals surface area contributed by atoms with Gasteiger partial charge in [-0.15, -0.1) is 0 Å². The van der Waals surface area contributed by atoms with Crippen molar-refractivity contribution in [1.29, 1.82) is 0 Å². The third kappa shape index (κ3) is 3.83. The summed E-state index contributed by atoms with van der Waals surface area (Å²) >= 11 is 0.